The fourth-order valence-electron chi connectivity index (χ4n) is 1.95. The summed E-state index contributed by atoms with van der Waals surface area (Å²) >= 11 is 4.85. The molecule has 0 aliphatic carbocycles. The highest BCUT2D eigenvalue weighted by Gasteiger charge is 2.16. The van der Waals surface area contributed by atoms with Crippen LogP contribution in [0.1, 0.15) is 15.9 Å². The van der Waals surface area contributed by atoms with E-state index in [2.05, 4.69) is 15.9 Å². The van der Waals surface area contributed by atoms with Crippen LogP contribution in [0.3, 0.4) is 0 Å². The van der Waals surface area contributed by atoms with Gasteiger partial charge in [0.2, 0.25) is 0 Å². The Kier molecular flexibility index (Phi) is 5.42. The third kappa shape index (κ3) is 4.08. The molecule has 0 heterocycles. The largest absolute Gasteiger partial charge is 0.337 e. The van der Waals surface area contributed by atoms with Gasteiger partial charge in [0.05, 0.1) is 5.56 Å². The molecular formula is C16H15BrFNOS. The molecule has 5 heteroatoms. The number of halogens is 2. The van der Waals surface area contributed by atoms with E-state index in [1.165, 1.54) is 21.9 Å². The number of hydrogen-bond donors (Lipinski definition) is 0. The molecule has 0 unspecified atom stereocenters. The van der Waals surface area contributed by atoms with Gasteiger partial charge in [-0.2, -0.15) is 0 Å². The minimum atomic E-state index is -0.515. The molecule has 0 saturated heterocycles. The standard InChI is InChI=1S/C16H15BrFNOS/c1-19(10-11-3-6-13(21-2)7-4-11)16(20)14-8-5-12(17)9-15(14)18/h3-9H,10H2,1-2H3. The predicted octanol–water partition coefficient (Wildman–Crippen LogP) is 4.58. The fourth-order valence-corrected chi connectivity index (χ4v) is 2.69. The predicted molar refractivity (Wildman–Crippen MR) is 88.1 cm³/mol. The second-order valence-corrected chi connectivity index (χ2v) is 6.43. The molecule has 0 saturated carbocycles. The first-order valence-corrected chi connectivity index (χ1v) is 8.36. The van der Waals surface area contributed by atoms with Gasteiger partial charge in [-0.3, -0.25) is 4.79 Å². The van der Waals surface area contributed by atoms with E-state index in [-0.39, 0.29) is 11.5 Å². The number of nitrogens with zero attached hydrogens (tertiary/aromatic N) is 1. The number of rotatable bonds is 4. The molecule has 0 radical (unpaired) electrons. The minimum Gasteiger partial charge on any atom is -0.337 e. The molecule has 0 aromatic heterocycles. The van der Waals surface area contributed by atoms with Crippen molar-refractivity contribution >= 4 is 33.6 Å². The molecule has 2 aromatic carbocycles. The molecule has 0 aliphatic heterocycles. The van der Waals surface area contributed by atoms with Crippen LogP contribution in [0.4, 0.5) is 4.39 Å². The summed E-state index contributed by atoms with van der Waals surface area (Å²) in [6.07, 6.45) is 2.01. The van der Waals surface area contributed by atoms with Gasteiger partial charge in [-0.05, 0) is 42.2 Å². The third-order valence-corrected chi connectivity index (χ3v) is 4.32. The van der Waals surface area contributed by atoms with Crippen molar-refractivity contribution in [3.63, 3.8) is 0 Å². The Morgan fingerprint density at radius 2 is 1.90 bits per heavy atom. The van der Waals surface area contributed by atoms with E-state index in [1.54, 1.807) is 24.9 Å². The fraction of sp³-hybridized carbons (Fsp3) is 0.188. The first-order chi connectivity index (χ1) is 10.0. The summed E-state index contributed by atoms with van der Waals surface area (Å²) in [7, 11) is 1.67. The summed E-state index contributed by atoms with van der Waals surface area (Å²) in [5.41, 5.74) is 1.10. The molecule has 110 valence electrons. The normalized spacial score (nSPS) is 10.5. The van der Waals surface area contributed by atoms with E-state index in [0.717, 1.165) is 5.56 Å². The van der Waals surface area contributed by atoms with E-state index in [9.17, 15) is 9.18 Å². The van der Waals surface area contributed by atoms with Crippen LogP contribution in [0.25, 0.3) is 0 Å². The van der Waals surface area contributed by atoms with Crippen LogP contribution < -0.4 is 0 Å². The molecule has 1 amide bonds. The van der Waals surface area contributed by atoms with Gasteiger partial charge in [0, 0.05) is 23.0 Å². The number of benzene rings is 2. The lowest BCUT2D eigenvalue weighted by Crippen LogP contribution is -2.27. The highest BCUT2D eigenvalue weighted by molar-refractivity contribution is 9.10. The summed E-state index contributed by atoms with van der Waals surface area (Å²) in [5.74, 6) is -0.840. The van der Waals surface area contributed by atoms with Gasteiger partial charge in [-0.15, -0.1) is 11.8 Å². The quantitative estimate of drug-likeness (QED) is 0.737. The average Bonchev–Trinajstić information content (AvgIpc) is 2.47. The minimum absolute atomic E-state index is 0.0847. The Hall–Kier alpha value is -1.33. The lowest BCUT2D eigenvalue weighted by Gasteiger charge is -2.18. The molecule has 0 spiro atoms. The van der Waals surface area contributed by atoms with Crippen molar-refractivity contribution in [2.45, 2.75) is 11.4 Å². The summed E-state index contributed by atoms with van der Waals surface area (Å²) in [5, 5.41) is 0. The maximum atomic E-state index is 13.8. The van der Waals surface area contributed by atoms with Crippen molar-refractivity contribution in [3.8, 4) is 0 Å². The Bertz CT molecular complexity index is 645. The Balaban J connectivity index is 2.11. The van der Waals surface area contributed by atoms with Crippen LogP contribution in [-0.4, -0.2) is 24.1 Å². The van der Waals surface area contributed by atoms with Crippen molar-refractivity contribution in [3.05, 3.63) is 63.9 Å². The molecule has 0 atom stereocenters. The zero-order valence-electron chi connectivity index (χ0n) is 11.8. The van der Waals surface area contributed by atoms with Gasteiger partial charge in [-0.25, -0.2) is 4.39 Å². The second-order valence-electron chi connectivity index (χ2n) is 4.63. The number of thioether (sulfide) groups is 1. The van der Waals surface area contributed by atoms with Crippen LogP contribution in [0.2, 0.25) is 0 Å². The highest BCUT2D eigenvalue weighted by Crippen LogP contribution is 2.19. The number of carbonyl (C=O) groups excluding carboxylic acids is 1. The van der Waals surface area contributed by atoms with Crippen LogP contribution in [0, 0.1) is 5.82 Å². The molecule has 2 nitrogen and oxygen atoms in total. The number of hydrogen-bond acceptors (Lipinski definition) is 2. The van der Waals surface area contributed by atoms with Gasteiger partial charge in [0.15, 0.2) is 0 Å². The van der Waals surface area contributed by atoms with Crippen molar-refractivity contribution in [1.29, 1.82) is 0 Å². The number of amides is 1. The lowest BCUT2D eigenvalue weighted by atomic mass is 10.1. The van der Waals surface area contributed by atoms with Crippen LogP contribution in [0.15, 0.2) is 51.8 Å². The van der Waals surface area contributed by atoms with E-state index >= 15 is 0 Å². The first-order valence-electron chi connectivity index (χ1n) is 6.34. The van der Waals surface area contributed by atoms with Gasteiger partial charge in [0.25, 0.3) is 5.91 Å². The maximum absolute atomic E-state index is 13.8. The maximum Gasteiger partial charge on any atom is 0.256 e. The molecule has 2 aromatic rings. The van der Waals surface area contributed by atoms with E-state index < -0.39 is 5.82 Å². The Morgan fingerprint density at radius 1 is 1.24 bits per heavy atom. The monoisotopic (exact) mass is 367 g/mol. The SMILES string of the molecule is CSc1ccc(CN(C)C(=O)c2ccc(Br)cc2F)cc1. The van der Waals surface area contributed by atoms with Crippen molar-refractivity contribution in [2.24, 2.45) is 0 Å². The average molecular weight is 368 g/mol. The summed E-state index contributed by atoms with van der Waals surface area (Å²) in [6, 6.07) is 12.4. The highest BCUT2D eigenvalue weighted by atomic mass is 79.9. The van der Waals surface area contributed by atoms with Crippen molar-refractivity contribution < 1.29 is 9.18 Å². The molecule has 2 rings (SSSR count). The Labute approximate surface area is 136 Å². The zero-order chi connectivity index (χ0) is 15.4. The summed E-state index contributed by atoms with van der Waals surface area (Å²) < 4.78 is 14.4. The summed E-state index contributed by atoms with van der Waals surface area (Å²) in [6.45, 7) is 0.447. The van der Waals surface area contributed by atoms with Crippen molar-refractivity contribution in [2.75, 3.05) is 13.3 Å². The second kappa shape index (κ2) is 7.09. The van der Waals surface area contributed by atoms with Gasteiger partial charge < -0.3 is 4.90 Å². The van der Waals surface area contributed by atoms with E-state index in [1.807, 2.05) is 30.5 Å². The first kappa shape index (κ1) is 16.0. The Morgan fingerprint density at radius 3 is 2.48 bits per heavy atom. The molecule has 0 aliphatic rings. The van der Waals surface area contributed by atoms with E-state index in [4.69, 9.17) is 0 Å². The number of carbonyl (C=O) groups is 1. The van der Waals surface area contributed by atoms with Crippen LogP contribution >= 0.6 is 27.7 Å². The van der Waals surface area contributed by atoms with Gasteiger partial charge in [0.1, 0.15) is 5.82 Å². The summed E-state index contributed by atoms with van der Waals surface area (Å²) in [4.78, 5) is 15.0. The van der Waals surface area contributed by atoms with Gasteiger partial charge in [-0.1, -0.05) is 28.1 Å². The lowest BCUT2D eigenvalue weighted by molar-refractivity contribution is 0.0780. The molecule has 21 heavy (non-hydrogen) atoms. The van der Waals surface area contributed by atoms with Crippen molar-refractivity contribution in [1.82, 2.24) is 4.90 Å². The van der Waals surface area contributed by atoms with Crippen LogP contribution in [0.5, 0.6) is 0 Å². The van der Waals surface area contributed by atoms with Gasteiger partial charge >= 0.3 is 0 Å². The molecule has 0 N–H and O–H groups in total. The topological polar surface area (TPSA) is 20.3 Å². The molecule has 0 fully saturated rings. The van der Waals surface area contributed by atoms with E-state index in [0.29, 0.717) is 11.0 Å². The molecule has 0 bridgehead atoms. The van der Waals surface area contributed by atoms with Crippen LogP contribution in [-0.2, 0) is 6.54 Å². The third-order valence-electron chi connectivity index (χ3n) is 3.09. The zero-order valence-corrected chi connectivity index (χ0v) is 14.2. The smallest absolute Gasteiger partial charge is 0.256 e. The molecular weight excluding hydrogens is 353 g/mol.